The third-order valence-corrected chi connectivity index (χ3v) is 12.5. The Hall–Kier alpha value is -1.66. The molecular weight excluding hydrogens is 755 g/mol. The minimum absolute atomic E-state index is 0.0348. The zero-order chi connectivity index (χ0) is 44.4. The van der Waals surface area contributed by atoms with Crippen LogP contribution in [0.4, 0.5) is 0 Å². The van der Waals surface area contributed by atoms with Gasteiger partial charge in [-0.3, -0.25) is 9.59 Å². The lowest BCUT2D eigenvalue weighted by atomic mass is 10.0. The van der Waals surface area contributed by atoms with Gasteiger partial charge in [0.05, 0.1) is 25.4 Å². The van der Waals surface area contributed by atoms with Gasteiger partial charge in [0.15, 0.2) is 0 Å². The molecule has 0 aliphatic rings. The molecule has 0 heterocycles. The van der Waals surface area contributed by atoms with Crippen molar-refractivity contribution in [3.63, 3.8) is 0 Å². The van der Waals surface area contributed by atoms with Crippen LogP contribution in [0.25, 0.3) is 0 Å². The summed E-state index contributed by atoms with van der Waals surface area (Å²) in [7, 11) is 0. The summed E-state index contributed by atoms with van der Waals surface area (Å²) in [6.45, 7) is 4.83. The molecule has 6 nitrogen and oxygen atoms in total. The fourth-order valence-corrected chi connectivity index (χ4v) is 8.28. The largest absolute Gasteiger partial charge is 0.466 e. The summed E-state index contributed by atoms with van der Waals surface area (Å²) >= 11 is 0. The van der Waals surface area contributed by atoms with Crippen molar-refractivity contribution in [2.75, 3.05) is 13.2 Å². The van der Waals surface area contributed by atoms with Crippen LogP contribution in [0.15, 0.2) is 24.3 Å². The van der Waals surface area contributed by atoms with Crippen molar-refractivity contribution in [2.45, 2.75) is 302 Å². The molecule has 0 aliphatic carbocycles. The van der Waals surface area contributed by atoms with E-state index in [4.69, 9.17) is 4.74 Å². The predicted octanol–water partition coefficient (Wildman–Crippen LogP) is 16.3. The van der Waals surface area contributed by atoms with Gasteiger partial charge in [0.2, 0.25) is 5.91 Å². The Labute approximate surface area is 380 Å². The number of nitrogens with one attached hydrogen (secondary N) is 1. The van der Waals surface area contributed by atoms with Crippen molar-refractivity contribution in [2.24, 2.45) is 0 Å². The Balaban J connectivity index is 3.56. The van der Waals surface area contributed by atoms with Crippen molar-refractivity contribution in [1.82, 2.24) is 5.32 Å². The number of hydrogen-bond donors (Lipinski definition) is 3. The molecule has 0 spiro atoms. The van der Waals surface area contributed by atoms with Crippen LogP contribution < -0.4 is 5.32 Å². The van der Waals surface area contributed by atoms with Gasteiger partial charge in [0, 0.05) is 12.8 Å². The highest BCUT2D eigenvalue weighted by molar-refractivity contribution is 5.76. The van der Waals surface area contributed by atoms with Gasteiger partial charge >= 0.3 is 5.97 Å². The Bertz CT molecular complexity index is 951. The highest BCUT2D eigenvalue weighted by atomic mass is 16.5. The number of hydrogen-bond acceptors (Lipinski definition) is 5. The van der Waals surface area contributed by atoms with E-state index in [0.717, 1.165) is 70.6 Å². The molecule has 0 aromatic rings. The van der Waals surface area contributed by atoms with Crippen LogP contribution in [-0.4, -0.2) is 47.4 Å². The smallest absolute Gasteiger partial charge is 0.305 e. The standard InChI is InChI=1S/C55H105NO5/c1-3-5-7-9-11-13-15-17-19-20-21-22-23-25-26-28-31-35-39-43-47-53(58)52(51-57)56-54(59)48-44-40-36-32-30-34-38-42-46-50-61-55(60)49-45-41-37-33-29-27-24-18-16-14-12-10-8-6-4-2/h32,36,43,47,52-53,57-58H,3-31,33-35,37-42,44-46,48-51H2,1-2H3,(H,56,59)/b36-32-,47-43+. The van der Waals surface area contributed by atoms with Gasteiger partial charge in [0.1, 0.15) is 0 Å². The summed E-state index contributed by atoms with van der Waals surface area (Å²) in [6.07, 6.45) is 60.5. The van der Waals surface area contributed by atoms with Gasteiger partial charge in [-0.1, -0.05) is 250 Å². The van der Waals surface area contributed by atoms with E-state index in [2.05, 4.69) is 31.3 Å². The minimum atomic E-state index is -0.875. The van der Waals surface area contributed by atoms with Crippen LogP contribution in [-0.2, 0) is 14.3 Å². The number of amides is 1. The second-order valence-electron chi connectivity index (χ2n) is 18.6. The SMILES string of the molecule is CCCCCCCCCCCCCCCCCCCC/C=C/C(O)C(CO)NC(=O)CCC/C=C\CCCCCCOC(=O)CCCCCCCCCCCCCCCCC. The van der Waals surface area contributed by atoms with E-state index in [9.17, 15) is 19.8 Å². The number of carbonyl (C=O) groups excluding carboxylic acids is 2. The normalized spacial score (nSPS) is 12.8. The molecule has 1 amide bonds. The van der Waals surface area contributed by atoms with Crippen molar-refractivity contribution in [3.05, 3.63) is 24.3 Å². The van der Waals surface area contributed by atoms with E-state index in [-0.39, 0.29) is 18.5 Å². The van der Waals surface area contributed by atoms with E-state index in [1.807, 2.05) is 6.08 Å². The maximum atomic E-state index is 12.4. The first kappa shape index (κ1) is 59.3. The highest BCUT2D eigenvalue weighted by Gasteiger charge is 2.18. The molecule has 2 atom stereocenters. The minimum Gasteiger partial charge on any atom is -0.466 e. The number of carbonyl (C=O) groups is 2. The number of allylic oxidation sites excluding steroid dienone is 3. The molecule has 0 saturated heterocycles. The van der Waals surface area contributed by atoms with Gasteiger partial charge in [-0.05, 0) is 51.4 Å². The molecule has 0 fully saturated rings. The van der Waals surface area contributed by atoms with E-state index >= 15 is 0 Å². The first-order chi connectivity index (χ1) is 30.0. The monoisotopic (exact) mass is 860 g/mol. The zero-order valence-electron chi connectivity index (χ0n) is 40.9. The van der Waals surface area contributed by atoms with Crippen molar-refractivity contribution in [1.29, 1.82) is 0 Å². The zero-order valence-corrected chi connectivity index (χ0v) is 40.9. The molecule has 0 bridgehead atoms. The van der Waals surface area contributed by atoms with E-state index in [1.165, 1.54) is 193 Å². The average Bonchev–Trinajstić information content (AvgIpc) is 3.26. The molecule has 0 radical (unpaired) electrons. The number of rotatable bonds is 50. The summed E-state index contributed by atoms with van der Waals surface area (Å²) in [6, 6.07) is -0.665. The molecule has 0 saturated carbocycles. The van der Waals surface area contributed by atoms with Gasteiger partial charge in [-0.25, -0.2) is 0 Å². The van der Waals surface area contributed by atoms with Gasteiger partial charge in [0.25, 0.3) is 0 Å². The third kappa shape index (κ3) is 47.7. The molecule has 0 aromatic heterocycles. The summed E-state index contributed by atoms with van der Waals surface area (Å²) in [5, 5.41) is 23.1. The Morgan fingerprint density at radius 1 is 0.443 bits per heavy atom. The molecule has 0 rings (SSSR count). The lowest BCUT2D eigenvalue weighted by Gasteiger charge is -2.19. The molecule has 61 heavy (non-hydrogen) atoms. The van der Waals surface area contributed by atoms with E-state index < -0.39 is 12.1 Å². The fourth-order valence-electron chi connectivity index (χ4n) is 8.28. The Morgan fingerprint density at radius 2 is 0.787 bits per heavy atom. The summed E-state index contributed by atoms with van der Waals surface area (Å²) in [5.41, 5.74) is 0. The second-order valence-corrected chi connectivity index (χ2v) is 18.6. The van der Waals surface area contributed by atoms with Crippen LogP contribution in [0.1, 0.15) is 290 Å². The maximum absolute atomic E-state index is 12.4. The van der Waals surface area contributed by atoms with E-state index in [1.54, 1.807) is 6.08 Å². The summed E-state index contributed by atoms with van der Waals surface area (Å²) in [4.78, 5) is 24.5. The molecule has 360 valence electrons. The van der Waals surface area contributed by atoms with Crippen LogP contribution >= 0.6 is 0 Å². The first-order valence-corrected chi connectivity index (χ1v) is 27.1. The molecule has 2 unspecified atom stereocenters. The molecule has 3 N–H and O–H groups in total. The maximum Gasteiger partial charge on any atom is 0.305 e. The average molecular weight is 860 g/mol. The number of unbranched alkanes of at least 4 members (excludes halogenated alkanes) is 37. The first-order valence-electron chi connectivity index (χ1n) is 27.1. The topological polar surface area (TPSA) is 95.9 Å². The summed E-state index contributed by atoms with van der Waals surface area (Å²) in [5.74, 6) is -0.161. The van der Waals surface area contributed by atoms with Crippen LogP contribution in [0.3, 0.4) is 0 Å². The van der Waals surface area contributed by atoms with Crippen molar-refractivity contribution >= 4 is 11.9 Å². The van der Waals surface area contributed by atoms with Crippen molar-refractivity contribution in [3.8, 4) is 0 Å². The second kappa shape index (κ2) is 51.0. The van der Waals surface area contributed by atoms with Gasteiger partial charge < -0.3 is 20.3 Å². The highest BCUT2D eigenvalue weighted by Crippen LogP contribution is 2.16. The predicted molar refractivity (Wildman–Crippen MR) is 264 cm³/mol. The number of esters is 1. The van der Waals surface area contributed by atoms with Gasteiger partial charge in [-0.15, -0.1) is 0 Å². The third-order valence-electron chi connectivity index (χ3n) is 12.5. The number of aliphatic hydroxyl groups excluding tert-OH is 2. The lowest BCUT2D eigenvalue weighted by molar-refractivity contribution is -0.143. The Kier molecular flexibility index (Phi) is 49.6. The Morgan fingerprint density at radius 3 is 1.20 bits per heavy atom. The number of ether oxygens (including phenoxy) is 1. The fraction of sp³-hybridized carbons (Fsp3) is 0.891. The lowest BCUT2D eigenvalue weighted by Crippen LogP contribution is -2.45. The molecular formula is C55H105NO5. The van der Waals surface area contributed by atoms with Crippen LogP contribution in [0, 0.1) is 0 Å². The molecule has 0 aromatic carbocycles. The van der Waals surface area contributed by atoms with E-state index in [0.29, 0.717) is 19.4 Å². The molecule has 0 aliphatic heterocycles. The number of aliphatic hydroxyl groups is 2. The molecule has 6 heteroatoms. The summed E-state index contributed by atoms with van der Waals surface area (Å²) < 4.78 is 5.44. The van der Waals surface area contributed by atoms with Gasteiger partial charge in [-0.2, -0.15) is 0 Å². The quantitative estimate of drug-likeness (QED) is 0.0322. The van der Waals surface area contributed by atoms with Crippen LogP contribution in [0.5, 0.6) is 0 Å². The van der Waals surface area contributed by atoms with Crippen molar-refractivity contribution < 1.29 is 24.5 Å². The van der Waals surface area contributed by atoms with Crippen LogP contribution in [0.2, 0.25) is 0 Å².